The predicted molar refractivity (Wildman–Crippen MR) is 82.0 cm³/mol. The zero-order valence-corrected chi connectivity index (χ0v) is 11.2. The van der Waals surface area contributed by atoms with E-state index in [1.807, 2.05) is 48.5 Å². The number of benzene rings is 2. The standard InChI is InChI=1S/C17H12N4/c18-11-12-6-8-14(9-7-12)16-10-15(20-17(19)21-16)13-4-2-1-3-5-13/h1-10H,(H2,19,20,21). The molecule has 1 heterocycles. The summed E-state index contributed by atoms with van der Waals surface area (Å²) in [5.74, 6) is 0.232. The molecule has 0 amide bonds. The van der Waals surface area contributed by atoms with E-state index >= 15 is 0 Å². The van der Waals surface area contributed by atoms with Gasteiger partial charge < -0.3 is 5.73 Å². The van der Waals surface area contributed by atoms with E-state index in [4.69, 9.17) is 11.0 Å². The quantitative estimate of drug-likeness (QED) is 0.776. The fourth-order valence-corrected chi connectivity index (χ4v) is 2.09. The molecule has 21 heavy (non-hydrogen) atoms. The Kier molecular flexibility index (Phi) is 3.32. The van der Waals surface area contributed by atoms with Crippen LogP contribution >= 0.6 is 0 Å². The lowest BCUT2D eigenvalue weighted by atomic mass is 10.1. The number of aromatic nitrogens is 2. The number of hydrogen-bond acceptors (Lipinski definition) is 4. The lowest BCUT2D eigenvalue weighted by Crippen LogP contribution is -1.98. The van der Waals surface area contributed by atoms with Crippen LogP contribution in [0.4, 0.5) is 5.95 Å². The van der Waals surface area contributed by atoms with Gasteiger partial charge in [0.1, 0.15) is 0 Å². The Morgan fingerprint density at radius 2 is 1.38 bits per heavy atom. The van der Waals surface area contributed by atoms with Gasteiger partial charge in [-0.1, -0.05) is 42.5 Å². The maximum Gasteiger partial charge on any atom is 0.221 e. The van der Waals surface area contributed by atoms with Crippen LogP contribution in [-0.4, -0.2) is 9.97 Å². The monoisotopic (exact) mass is 272 g/mol. The van der Waals surface area contributed by atoms with Gasteiger partial charge in [0.25, 0.3) is 0 Å². The van der Waals surface area contributed by atoms with Gasteiger partial charge in [-0.15, -0.1) is 0 Å². The highest BCUT2D eigenvalue weighted by Gasteiger charge is 2.06. The summed E-state index contributed by atoms with van der Waals surface area (Å²) in [4.78, 5) is 8.55. The first-order valence-corrected chi connectivity index (χ1v) is 6.47. The molecule has 3 aromatic rings. The topological polar surface area (TPSA) is 75.6 Å². The molecule has 0 saturated carbocycles. The molecule has 0 bridgehead atoms. The van der Waals surface area contributed by atoms with E-state index in [-0.39, 0.29) is 5.95 Å². The Labute approximate surface area is 122 Å². The van der Waals surface area contributed by atoms with Crippen LogP contribution in [0.5, 0.6) is 0 Å². The van der Waals surface area contributed by atoms with Crippen LogP contribution in [0.2, 0.25) is 0 Å². The molecule has 0 fully saturated rings. The highest BCUT2D eigenvalue weighted by molar-refractivity contribution is 5.69. The number of nitrogens with zero attached hydrogens (tertiary/aromatic N) is 3. The molecule has 0 spiro atoms. The summed E-state index contributed by atoms with van der Waals surface area (Å²) in [7, 11) is 0. The molecule has 4 nitrogen and oxygen atoms in total. The third-order valence-corrected chi connectivity index (χ3v) is 3.12. The van der Waals surface area contributed by atoms with E-state index in [1.54, 1.807) is 12.1 Å². The van der Waals surface area contributed by atoms with Crippen molar-refractivity contribution in [2.75, 3.05) is 5.73 Å². The van der Waals surface area contributed by atoms with E-state index in [1.165, 1.54) is 0 Å². The van der Waals surface area contributed by atoms with Gasteiger partial charge in [0.05, 0.1) is 23.0 Å². The molecule has 0 atom stereocenters. The van der Waals surface area contributed by atoms with Gasteiger partial charge in [-0.2, -0.15) is 5.26 Å². The smallest absolute Gasteiger partial charge is 0.221 e. The Hall–Kier alpha value is -3.19. The minimum atomic E-state index is 0.232. The first-order valence-electron chi connectivity index (χ1n) is 6.47. The second-order valence-electron chi connectivity index (χ2n) is 4.55. The van der Waals surface area contributed by atoms with E-state index in [2.05, 4.69) is 16.0 Å². The highest BCUT2D eigenvalue weighted by Crippen LogP contribution is 2.24. The summed E-state index contributed by atoms with van der Waals surface area (Å²) in [5.41, 5.74) is 9.84. The number of rotatable bonds is 2. The molecule has 0 aliphatic heterocycles. The third-order valence-electron chi connectivity index (χ3n) is 3.12. The highest BCUT2D eigenvalue weighted by atomic mass is 15.0. The molecule has 4 heteroatoms. The Morgan fingerprint density at radius 3 is 1.95 bits per heavy atom. The van der Waals surface area contributed by atoms with Crippen molar-refractivity contribution in [3.63, 3.8) is 0 Å². The maximum atomic E-state index is 8.84. The summed E-state index contributed by atoms with van der Waals surface area (Å²) in [6.45, 7) is 0. The fraction of sp³-hybridized carbons (Fsp3) is 0. The summed E-state index contributed by atoms with van der Waals surface area (Å²) < 4.78 is 0. The van der Waals surface area contributed by atoms with E-state index in [0.29, 0.717) is 5.56 Å². The van der Waals surface area contributed by atoms with Crippen molar-refractivity contribution in [1.82, 2.24) is 9.97 Å². The van der Waals surface area contributed by atoms with Crippen LogP contribution in [0.1, 0.15) is 5.56 Å². The first-order chi connectivity index (χ1) is 10.3. The van der Waals surface area contributed by atoms with Gasteiger partial charge in [-0.3, -0.25) is 0 Å². The van der Waals surface area contributed by atoms with Crippen molar-refractivity contribution in [3.8, 4) is 28.6 Å². The summed E-state index contributed by atoms with van der Waals surface area (Å²) in [6.07, 6.45) is 0. The molecular weight excluding hydrogens is 260 g/mol. The largest absolute Gasteiger partial charge is 0.368 e. The molecule has 2 N–H and O–H groups in total. The van der Waals surface area contributed by atoms with E-state index in [0.717, 1.165) is 22.5 Å². The van der Waals surface area contributed by atoms with Gasteiger partial charge in [0, 0.05) is 11.1 Å². The minimum Gasteiger partial charge on any atom is -0.368 e. The number of anilines is 1. The molecule has 0 unspecified atom stereocenters. The van der Waals surface area contributed by atoms with Crippen molar-refractivity contribution in [3.05, 3.63) is 66.2 Å². The van der Waals surface area contributed by atoms with Gasteiger partial charge in [-0.25, -0.2) is 9.97 Å². The van der Waals surface area contributed by atoms with Crippen molar-refractivity contribution in [1.29, 1.82) is 5.26 Å². The van der Waals surface area contributed by atoms with Crippen LogP contribution in [0.25, 0.3) is 22.5 Å². The average molecular weight is 272 g/mol. The lowest BCUT2D eigenvalue weighted by molar-refractivity contribution is 1.19. The van der Waals surface area contributed by atoms with Crippen LogP contribution in [-0.2, 0) is 0 Å². The number of nitriles is 1. The fourth-order valence-electron chi connectivity index (χ4n) is 2.09. The summed E-state index contributed by atoms with van der Waals surface area (Å²) >= 11 is 0. The van der Waals surface area contributed by atoms with Crippen molar-refractivity contribution in [2.45, 2.75) is 0 Å². The molecule has 1 aromatic heterocycles. The third kappa shape index (κ3) is 2.72. The second-order valence-corrected chi connectivity index (χ2v) is 4.55. The number of nitrogens with two attached hydrogens (primary N) is 1. The van der Waals surface area contributed by atoms with E-state index < -0.39 is 0 Å². The van der Waals surface area contributed by atoms with Gasteiger partial charge in [0.2, 0.25) is 5.95 Å². The average Bonchev–Trinajstić information content (AvgIpc) is 2.55. The Balaban J connectivity index is 2.07. The molecular formula is C17H12N4. The Morgan fingerprint density at radius 1 is 0.810 bits per heavy atom. The zero-order chi connectivity index (χ0) is 14.7. The Bertz CT molecular complexity index is 802. The molecule has 0 aliphatic carbocycles. The second kappa shape index (κ2) is 5.43. The van der Waals surface area contributed by atoms with Crippen LogP contribution in [0, 0.1) is 11.3 Å². The van der Waals surface area contributed by atoms with Gasteiger partial charge >= 0.3 is 0 Å². The maximum absolute atomic E-state index is 8.84. The van der Waals surface area contributed by atoms with Gasteiger partial charge in [0.15, 0.2) is 0 Å². The molecule has 0 radical (unpaired) electrons. The molecule has 2 aromatic carbocycles. The summed E-state index contributed by atoms with van der Waals surface area (Å²) in [6, 6.07) is 21.0. The van der Waals surface area contributed by atoms with Crippen molar-refractivity contribution >= 4 is 5.95 Å². The normalized spacial score (nSPS) is 10.0. The zero-order valence-electron chi connectivity index (χ0n) is 11.2. The lowest BCUT2D eigenvalue weighted by Gasteiger charge is -2.06. The molecule has 0 saturated heterocycles. The minimum absolute atomic E-state index is 0.232. The van der Waals surface area contributed by atoms with Crippen molar-refractivity contribution < 1.29 is 0 Å². The van der Waals surface area contributed by atoms with Crippen molar-refractivity contribution in [2.24, 2.45) is 0 Å². The van der Waals surface area contributed by atoms with E-state index in [9.17, 15) is 0 Å². The van der Waals surface area contributed by atoms with Crippen LogP contribution in [0.3, 0.4) is 0 Å². The van der Waals surface area contributed by atoms with Gasteiger partial charge in [-0.05, 0) is 18.2 Å². The van der Waals surface area contributed by atoms with Crippen LogP contribution in [0.15, 0.2) is 60.7 Å². The summed E-state index contributed by atoms with van der Waals surface area (Å²) in [5, 5.41) is 8.84. The van der Waals surface area contributed by atoms with Crippen LogP contribution < -0.4 is 5.73 Å². The first kappa shape index (κ1) is 12.8. The molecule has 3 rings (SSSR count). The number of nitrogen functional groups attached to an aromatic ring is 1. The number of hydrogen-bond donors (Lipinski definition) is 1. The molecule has 0 aliphatic rings. The SMILES string of the molecule is N#Cc1ccc(-c2cc(-c3ccccc3)nc(N)n2)cc1. The molecule has 100 valence electrons. The predicted octanol–water partition coefficient (Wildman–Crippen LogP) is 3.26.